The summed E-state index contributed by atoms with van der Waals surface area (Å²) in [7, 11) is 1.46. The molecule has 1 amide bonds. The lowest BCUT2D eigenvalue weighted by atomic mass is 10.1. The van der Waals surface area contributed by atoms with Crippen LogP contribution in [0.15, 0.2) is 18.2 Å². The number of carboxylic acids is 1. The predicted octanol–water partition coefficient (Wildman–Crippen LogP) is 1.93. The summed E-state index contributed by atoms with van der Waals surface area (Å²) >= 11 is 0. The Labute approximate surface area is 105 Å². The largest absolute Gasteiger partial charge is 0.481 e. The van der Waals surface area contributed by atoms with Crippen molar-refractivity contribution in [3.05, 3.63) is 35.1 Å². The number of carboxylic acid groups (broad SMARTS) is 1. The van der Waals surface area contributed by atoms with E-state index < -0.39 is 23.6 Å². The molecule has 1 N–H and O–H groups in total. The average molecular weight is 253 g/mol. The lowest BCUT2D eigenvalue weighted by Crippen LogP contribution is -2.34. The van der Waals surface area contributed by atoms with Gasteiger partial charge in [0, 0.05) is 13.6 Å². The van der Waals surface area contributed by atoms with Gasteiger partial charge in [-0.3, -0.25) is 9.59 Å². The molecule has 18 heavy (non-hydrogen) atoms. The van der Waals surface area contributed by atoms with Gasteiger partial charge in [0.05, 0.1) is 11.5 Å². The van der Waals surface area contributed by atoms with Gasteiger partial charge in [0.25, 0.3) is 5.91 Å². The van der Waals surface area contributed by atoms with Gasteiger partial charge >= 0.3 is 5.97 Å². The molecular weight excluding hydrogens is 237 g/mol. The quantitative estimate of drug-likeness (QED) is 0.892. The molecule has 5 heteroatoms. The molecule has 1 atom stereocenters. The fourth-order valence-corrected chi connectivity index (χ4v) is 1.57. The van der Waals surface area contributed by atoms with Crippen LogP contribution in [-0.4, -0.2) is 35.5 Å². The minimum absolute atomic E-state index is 0.0410. The third-order valence-electron chi connectivity index (χ3n) is 2.67. The fourth-order valence-electron chi connectivity index (χ4n) is 1.57. The highest BCUT2D eigenvalue weighted by atomic mass is 19.1. The molecule has 98 valence electrons. The van der Waals surface area contributed by atoms with Crippen LogP contribution in [0.5, 0.6) is 0 Å². The minimum Gasteiger partial charge on any atom is -0.481 e. The molecule has 0 heterocycles. The van der Waals surface area contributed by atoms with Crippen LogP contribution in [0.2, 0.25) is 0 Å². The smallest absolute Gasteiger partial charge is 0.308 e. The van der Waals surface area contributed by atoms with Crippen LogP contribution in [0.3, 0.4) is 0 Å². The van der Waals surface area contributed by atoms with Crippen LogP contribution in [0, 0.1) is 18.7 Å². The van der Waals surface area contributed by atoms with Crippen LogP contribution >= 0.6 is 0 Å². The zero-order valence-electron chi connectivity index (χ0n) is 10.6. The monoisotopic (exact) mass is 253 g/mol. The van der Waals surface area contributed by atoms with Gasteiger partial charge in [0.2, 0.25) is 0 Å². The summed E-state index contributed by atoms with van der Waals surface area (Å²) in [5, 5.41) is 8.76. The predicted molar refractivity (Wildman–Crippen MR) is 64.9 cm³/mol. The number of carbonyl (C=O) groups excluding carboxylic acids is 1. The molecule has 0 radical (unpaired) electrons. The van der Waals surface area contributed by atoms with Crippen molar-refractivity contribution in [3.63, 3.8) is 0 Å². The van der Waals surface area contributed by atoms with Crippen molar-refractivity contribution < 1.29 is 19.1 Å². The maximum atomic E-state index is 13.6. The van der Waals surface area contributed by atoms with E-state index in [1.807, 2.05) is 0 Å². The first-order chi connectivity index (χ1) is 8.32. The van der Waals surface area contributed by atoms with Crippen molar-refractivity contribution >= 4 is 11.9 Å². The number of carbonyl (C=O) groups is 2. The molecule has 0 saturated carbocycles. The van der Waals surface area contributed by atoms with Gasteiger partial charge in [-0.2, -0.15) is 0 Å². The van der Waals surface area contributed by atoms with E-state index in [2.05, 4.69) is 0 Å². The lowest BCUT2D eigenvalue weighted by Gasteiger charge is -2.19. The number of nitrogens with zero attached hydrogens (tertiary/aromatic N) is 1. The first kappa shape index (κ1) is 14.2. The number of hydrogen-bond donors (Lipinski definition) is 1. The second-order valence-electron chi connectivity index (χ2n) is 4.41. The first-order valence-corrected chi connectivity index (χ1v) is 5.57. The Kier molecular flexibility index (Phi) is 4.42. The van der Waals surface area contributed by atoms with E-state index in [1.165, 1.54) is 31.0 Å². The van der Waals surface area contributed by atoms with Gasteiger partial charge < -0.3 is 10.0 Å². The Hall–Kier alpha value is -1.91. The molecule has 0 aliphatic heterocycles. The summed E-state index contributed by atoms with van der Waals surface area (Å²) in [6.45, 7) is 3.27. The molecule has 1 aromatic rings. The number of aryl methyl sites for hydroxylation is 1. The summed E-state index contributed by atoms with van der Waals surface area (Å²) in [4.78, 5) is 23.8. The second kappa shape index (κ2) is 5.62. The van der Waals surface area contributed by atoms with Gasteiger partial charge in [0.1, 0.15) is 5.82 Å². The Morgan fingerprint density at radius 3 is 2.56 bits per heavy atom. The zero-order valence-corrected chi connectivity index (χ0v) is 10.6. The second-order valence-corrected chi connectivity index (χ2v) is 4.41. The molecule has 0 saturated heterocycles. The summed E-state index contributed by atoms with van der Waals surface area (Å²) in [6.07, 6.45) is 0. The van der Waals surface area contributed by atoms with Crippen LogP contribution < -0.4 is 0 Å². The number of rotatable bonds is 4. The third-order valence-corrected chi connectivity index (χ3v) is 2.67. The molecule has 1 aromatic carbocycles. The highest BCUT2D eigenvalue weighted by Gasteiger charge is 2.20. The Morgan fingerprint density at radius 2 is 2.06 bits per heavy atom. The highest BCUT2D eigenvalue weighted by Crippen LogP contribution is 2.13. The van der Waals surface area contributed by atoms with Crippen molar-refractivity contribution in [2.75, 3.05) is 13.6 Å². The van der Waals surface area contributed by atoms with E-state index in [0.29, 0.717) is 0 Å². The summed E-state index contributed by atoms with van der Waals surface area (Å²) in [5.74, 6) is -2.78. The van der Waals surface area contributed by atoms with E-state index in [0.717, 1.165) is 5.56 Å². The normalized spacial score (nSPS) is 12.0. The number of amides is 1. The summed E-state index contributed by atoms with van der Waals surface area (Å²) < 4.78 is 13.6. The van der Waals surface area contributed by atoms with Gasteiger partial charge in [0.15, 0.2) is 0 Å². The molecule has 0 aromatic heterocycles. The molecule has 0 fully saturated rings. The van der Waals surface area contributed by atoms with Gasteiger partial charge in [-0.15, -0.1) is 0 Å². The van der Waals surface area contributed by atoms with Gasteiger partial charge in [-0.1, -0.05) is 13.0 Å². The standard InChI is InChI=1S/C13H16FNO3/c1-8-4-5-10(11(14)6-8)12(16)15(3)7-9(2)13(17)18/h4-6,9H,7H2,1-3H3,(H,17,18). The Balaban J connectivity index is 2.83. The molecule has 1 rings (SSSR count). The molecular formula is C13H16FNO3. The molecule has 0 bridgehead atoms. The van der Waals surface area contributed by atoms with E-state index in [9.17, 15) is 14.0 Å². The number of hydrogen-bond acceptors (Lipinski definition) is 2. The third kappa shape index (κ3) is 3.29. The van der Waals surface area contributed by atoms with Crippen molar-refractivity contribution in [2.45, 2.75) is 13.8 Å². The van der Waals surface area contributed by atoms with E-state index >= 15 is 0 Å². The Bertz CT molecular complexity index is 473. The molecule has 0 aliphatic carbocycles. The minimum atomic E-state index is -0.987. The van der Waals surface area contributed by atoms with Crippen LogP contribution in [-0.2, 0) is 4.79 Å². The Morgan fingerprint density at radius 1 is 1.44 bits per heavy atom. The van der Waals surface area contributed by atoms with Crippen LogP contribution in [0.1, 0.15) is 22.8 Å². The number of benzene rings is 1. The lowest BCUT2D eigenvalue weighted by molar-refractivity contribution is -0.141. The van der Waals surface area contributed by atoms with Gasteiger partial charge in [-0.25, -0.2) is 4.39 Å². The van der Waals surface area contributed by atoms with Crippen molar-refractivity contribution in [1.82, 2.24) is 4.90 Å². The fraction of sp³-hybridized carbons (Fsp3) is 0.385. The first-order valence-electron chi connectivity index (χ1n) is 5.57. The molecule has 0 spiro atoms. The maximum absolute atomic E-state index is 13.6. The number of aliphatic carboxylic acids is 1. The van der Waals surface area contributed by atoms with E-state index in [1.54, 1.807) is 13.0 Å². The van der Waals surface area contributed by atoms with Crippen molar-refractivity contribution in [3.8, 4) is 0 Å². The summed E-state index contributed by atoms with van der Waals surface area (Å²) in [5.41, 5.74) is 0.686. The van der Waals surface area contributed by atoms with E-state index in [-0.39, 0.29) is 12.1 Å². The van der Waals surface area contributed by atoms with Gasteiger partial charge in [-0.05, 0) is 24.6 Å². The SMILES string of the molecule is Cc1ccc(C(=O)N(C)CC(C)C(=O)O)c(F)c1. The average Bonchev–Trinajstić information content (AvgIpc) is 2.27. The topological polar surface area (TPSA) is 57.6 Å². The van der Waals surface area contributed by atoms with Crippen molar-refractivity contribution in [1.29, 1.82) is 0 Å². The number of halogens is 1. The van der Waals surface area contributed by atoms with E-state index in [4.69, 9.17) is 5.11 Å². The summed E-state index contributed by atoms with van der Waals surface area (Å²) in [6, 6.07) is 4.33. The molecule has 0 aliphatic rings. The molecule has 4 nitrogen and oxygen atoms in total. The van der Waals surface area contributed by atoms with Crippen LogP contribution in [0.4, 0.5) is 4.39 Å². The zero-order chi connectivity index (χ0) is 13.9. The molecule has 1 unspecified atom stereocenters. The van der Waals surface area contributed by atoms with Crippen molar-refractivity contribution in [2.24, 2.45) is 5.92 Å². The van der Waals surface area contributed by atoms with Crippen LogP contribution in [0.25, 0.3) is 0 Å². The maximum Gasteiger partial charge on any atom is 0.308 e. The highest BCUT2D eigenvalue weighted by molar-refractivity contribution is 5.94.